The van der Waals surface area contributed by atoms with E-state index in [2.05, 4.69) is 43.8 Å². The van der Waals surface area contributed by atoms with Crippen molar-refractivity contribution in [2.75, 3.05) is 6.61 Å². The van der Waals surface area contributed by atoms with E-state index in [0.29, 0.717) is 22.7 Å². The monoisotopic (exact) mass is 378 g/mol. The van der Waals surface area contributed by atoms with Crippen LogP contribution >= 0.6 is 31.9 Å². The molecule has 4 nitrogen and oxygen atoms in total. The first kappa shape index (κ1) is 15.4. The highest BCUT2D eigenvalue weighted by Crippen LogP contribution is 2.21. The third-order valence-corrected chi connectivity index (χ3v) is 5.07. The van der Waals surface area contributed by atoms with Gasteiger partial charge in [-0.15, -0.1) is 0 Å². The van der Waals surface area contributed by atoms with Crippen molar-refractivity contribution in [1.29, 1.82) is 0 Å². The molecule has 1 rings (SSSR count). The highest BCUT2D eigenvalue weighted by Gasteiger charge is 2.15. The molecule has 1 heterocycles. The highest BCUT2D eigenvalue weighted by molar-refractivity contribution is 9.12. The van der Waals surface area contributed by atoms with Crippen molar-refractivity contribution in [2.45, 2.75) is 29.4 Å². The van der Waals surface area contributed by atoms with E-state index in [1.165, 1.54) is 6.20 Å². The molecule has 2 N–H and O–H groups in total. The van der Waals surface area contributed by atoms with Gasteiger partial charge in [-0.25, -0.2) is 0 Å². The molecule has 0 radical (unpaired) electrons. The summed E-state index contributed by atoms with van der Waals surface area (Å²) in [6.07, 6.45) is 5.16. The lowest BCUT2D eigenvalue weighted by atomic mass is 10.2. The third kappa shape index (κ3) is 4.94. The Morgan fingerprint density at radius 2 is 2.17 bits per heavy atom. The topological polar surface area (TPSA) is 65.2 Å². The summed E-state index contributed by atoms with van der Waals surface area (Å²) in [4.78, 5) is 15.5. The molecule has 100 valence electrons. The molecule has 1 aromatic rings. The largest absolute Gasteiger partial charge is 0.491 e. The molecule has 2 unspecified atom stereocenters. The van der Waals surface area contributed by atoms with Crippen LogP contribution in [-0.2, 0) is 0 Å². The molecule has 0 spiro atoms. The van der Waals surface area contributed by atoms with Gasteiger partial charge in [-0.3, -0.25) is 9.78 Å². The number of pyridine rings is 1. The Bertz CT molecular complexity index is 401. The van der Waals surface area contributed by atoms with Crippen LogP contribution < -0.4 is 10.5 Å². The zero-order valence-corrected chi connectivity index (χ0v) is 13.3. The molecule has 0 aliphatic heterocycles. The molecular formula is C12H16Br2N2O2. The van der Waals surface area contributed by atoms with Crippen LogP contribution in [0.25, 0.3) is 0 Å². The second kappa shape index (κ2) is 7.74. The van der Waals surface area contributed by atoms with Gasteiger partial charge in [0.1, 0.15) is 12.4 Å². The summed E-state index contributed by atoms with van der Waals surface area (Å²) >= 11 is 7.16. The number of nitrogens with zero attached hydrogens (tertiary/aromatic N) is 1. The number of primary amides is 1. The number of nitrogens with two attached hydrogens (primary N) is 1. The first-order valence-electron chi connectivity index (χ1n) is 5.70. The summed E-state index contributed by atoms with van der Waals surface area (Å²) in [7, 11) is 0. The number of halogens is 2. The molecule has 0 aromatic carbocycles. The van der Waals surface area contributed by atoms with Gasteiger partial charge in [0.15, 0.2) is 0 Å². The molecule has 0 bridgehead atoms. The fourth-order valence-electron chi connectivity index (χ4n) is 1.37. The number of amides is 1. The molecule has 1 aromatic heterocycles. The van der Waals surface area contributed by atoms with Crippen molar-refractivity contribution in [2.24, 2.45) is 5.73 Å². The number of rotatable bonds is 7. The van der Waals surface area contributed by atoms with Crippen LogP contribution in [0, 0.1) is 0 Å². The Hall–Kier alpha value is -0.620. The van der Waals surface area contributed by atoms with Gasteiger partial charge in [-0.05, 0) is 12.5 Å². The number of hydrogen-bond acceptors (Lipinski definition) is 3. The molecule has 0 aliphatic rings. The van der Waals surface area contributed by atoms with E-state index in [9.17, 15) is 4.79 Å². The van der Waals surface area contributed by atoms with E-state index < -0.39 is 5.91 Å². The number of alkyl halides is 2. The standard InChI is InChI=1S/C12H16Br2N2O2/c1-2-3-10(13)11(14)7-18-9-4-8(12(15)17)5-16-6-9/h4-6,10-11H,2-3,7H2,1H3,(H2,15,17). The highest BCUT2D eigenvalue weighted by atomic mass is 79.9. The van der Waals surface area contributed by atoms with E-state index in [-0.39, 0.29) is 4.83 Å². The zero-order valence-electron chi connectivity index (χ0n) is 10.1. The van der Waals surface area contributed by atoms with Crippen molar-refractivity contribution in [3.63, 3.8) is 0 Å². The van der Waals surface area contributed by atoms with E-state index >= 15 is 0 Å². The second-order valence-corrected chi connectivity index (χ2v) is 6.26. The van der Waals surface area contributed by atoms with Crippen LogP contribution in [-0.4, -0.2) is 27.2 Å². The molecule has 18 heavy (non-hydrogen) atoms. The van der Waals surface area contributed by atoms with Crippen molar-refractivity contribution in [1.82, 2.24) is 4.98 Å². The number of aromatic nitrogens is 1. The van der Waals surface area contributed by atoms with Crippen molar-refractivity contribution in [3.8, 4) is 5.75 Å². The third-order valence-electron chi connectivity index (χ3n) is 2.36. The van der Waals surface area contributed by atoms with Crippen LogP contribution in [0.15, 0.2) is 18.5 Å². The smallest absolute Gasteiger partial charge is 0.250 e. The summed E-state index contributed by atoms with van der Waals surface area (Å²) in [6, 6.07) is 1.60. The zero-order chi connectivity index (χ0) is 13.5. The van der Waals surface area contributed by atoms with E-state index in [0.717, 1.165) is 12.8 Å². The lowest BCUT2D eigenvalue weighted by Crippen LogP contribution is -2.22. The second-order valence-electron chi connectivity index (χ2n) is 3.91. The van der Waals surface area contributed by atoms with Gasteiger partial charge in [0.25, 0.3) is 0 Å². The van der Waals surface area contributed by atoms with Crippen LogP contribution in [0.1, 0.15) is 30.1 Å². The fraction of sp³-hybridized carbons (Fsp3) is 0.500. The first-order chi connectivity index (χ1) is 8.54. The van der Waals surface area contributed by atoms with Crippen LogP contribution in [0.4, 0.5) is 0 Å². The average Bonchev–Trinajstić information content (AvgIpc) is 2.36. The number of carbonyl (C=O) groups excluding carboxylic acids is 1. The number of ether oxygens (including phenoxy) is 1. The molecule has 0 fully saturated rings. The summed E-state index contributed by atoms with van der Waals surface area (Å²) in [5.74, 6) is 0.0413. The molecule has 2 atom stereocenters. The first-order valence-corrected chi connectivity index (χ1v) is 7.53. The molecule has 0 aliphatic carbocycles. The minimum absolute atomic E-state index is 0.203. The fourth-order valence-corrected chi connectivity index (χ4v) is 2.38. The Morgan fingerprint density at radius 3 is 2.78 bits per heavy atom. The maximum atomic E-state index is 11.0. The number of carbonyl (C=O) groups is 1. The van der Waals surface area contributed by atoms with E-state index in [1.54, 1.807) is 12.3 Å². The maximum absolute atomic E-state index is 11.0. The predicted octanol–water partition coefficient (Wildman–Crippen LogP) is 2.89. The lowest BCUT2D eigenvalue weighted by molar-refractivity contribution is 0.0999. The summed E-state index contributed by atoms with van der Waals surface area (Å²) in [5, 5.41) is 0. The van der Waals surface area contributed by atoms with Gasteiger partial charge in [0.05, 0.1) is 16.6 Å². The van der Waals surface area contributed by atoms with Crippen molar-refractivity contribution in [3.05, 3.63) is 24.0 Å². The quantitative estimate of drug-likeness (QED) is 0.740. The normalized spacial score (nSPS) is 13.9. The SMILES string of the molecule is CCCC(Br)C(Br)COc1cncc(C(N)=O)c1. The molecular weight excluding hydrogens is 364 g/mol. The van der Waals surface area contributed by atoms with Crippen LogP contribution in [0.2, 0.25) is 0 Å². The Kier molecular flexibility index (Phi) is 6.63. The Morgan fingerprint density at radius 1 is 1.44 bits per heavy atom. The van der Waals surface area contributed by atoms with Gasteiger partial charge >= 0.3 is 0 Å². The van der Waals surface area contributed by atoms with Crippen LogP contribution in [0.5, 0.6) is 5.75 Å². The number of hydrogen-bond donors (Lipinski definition) is 1. The molecule has 0 saturated heterocycles. The minimum atomic E-state index is -0.507. The van der Waals surface area contributed by atoms with Gasteiger partial charge in [-0.2, -0.15) is 0 Å². The van der Waals surface area contributed by atoms with Crippen molar-refractivity contribution < 1.29 is 9.53 Å². The van der Waals surface area contributed by atoms with Crippen LogP contribution in [0.3, 0.4) is 0 Å². The summed E-state index contributed by atoms with van der Waals surface area (Å²) in [6.45, 7) is 2.63. The van der Waals surface area contributed by atoms with Gasteiger partial charge < -0.3 is 10.5 Å². The van der Waals surface area contributed by atoms with Gasteiger partial charge in [-0.1, -0.05) is 45.2 Å². The molecule has 1 amide bonds. The average molecular weight is 380 g/mol. The minimum Gasteiger partial charge on any atom is -0.491 e. The lowest BCUT2D eigenvalue weighted by Gasteiger charge is -2.16. The van der Waals surface area contributed by atoms with Gasteiger partial charge in [0, 0.05) is 11.0 Å². The van der Waals surface area contributed by atoms with E-state index in [1.807, 2.05) is 0 Å². The van der Waals surface area contributed by atoms with E-state index in [4.69, 9.17) is 10.5 Å². The Labute approximate surface area is 124 Å². The van der Waals surface area contributed by atoms with Gasteiger partial charge in [0.2, 0.25) is 5.91 Å². The van der Waals surface area contributed by atoms with Crippen molar-refractivity contribution >= 4 is 37.8 Å². The Balaban J connectivity index is 2.53. The molecule has 0 saturated carbocycles. The molecule has 6 heteroatoms. The predicted molar refractivity (Wildman–Crippen MR) is 78.6 cm³/mol. The summed E-state index contributed by atoms with van der Waals surface area (Å²) in [5.41, 5.74) is 5.52. The summed E-state index contributed by atoms with van der Waals surface area (Å²) < 4.78 is 5.58. The maximum Gasteiger partial charge on any atom is 0.250 e.